The van der Waals surface area contributed by atoms with Gasteiger partial charge in [-0.15, -0.1) is 0 Å². The SMILES string of the molecule is O=C1CCc2c(OCC3(O)CCN(c4ccc(OCc5ccc(Cl)cc5Cl)cc4F)CC3)ccc(F)c2N1. The van der Waals surface area contributed by atoms with Gasteiger partial charge in [0.25, 0.3) is 0 Å². The Kier molecular flexibility index (Phi) is 7.66. The number of halogens is 4. The molecule has 1 amide bonds. The molecule has 5 rings (SSSR count). The lowest BCUT2D eigenvalue weighted by atomic mass is 9.92. The number of aliphatic hydroxyl groups is 1. The molecule has 0 bridgehead atoms. The van der Waals surface area contributed by atoms with Crippen LogP contribution in [0.1, 0.15) is 30.4 Å². The highest BCUT2D eigenvalue weighted by Crippen LogP contribution is 2.35. The zero-order chi connectivity index (χ0) is 26.9. The van der Waals surface area contributed by atoms with Crippen molar-refractivity contribution in [2.75, 3.05) is 29.9 Å². The fraction of sp³-hybridized carbons (Fsp3) is 0.321. The molecule has 1 fully saturated rings. The largest absolute Gasteiger partial charge is 0.490 e. The van der Waals surface area contributed by atoms with Crippen molar-refractivity contribution in [2.24, 2.45) is 0 Å². The molecule has 0 radical (unpaired) electrons. The van der Waals surface area contributed by atoms with Crippen molar-refractivity contribution >= 4 is 40.5 Å². The number of anilines is 2. The van der Waals surface area contributed by atoms with Crippen LogP contribution in [-0.4, -0.2) is 36.3 Å². The first-order chi connectivity index (χ1) is 18.2. The first-order valence-corrected chi connectivity index (χ1v) is 13.0. The Balaban J connectivity index is 1.17. The molecule has 2 aliphatic heterocycles. The number of ether oxygens (including phenoxy) is 2. The number of benzene rings is 3. The van der Waals surface area contributed by atoms with Crippen LogP contribution in [0.2, 0.25) is 10.0 Å². The molecule has 200 valence electrons. The average molecular weight is 563 g/mol. The van der Waals surface area contributed by atoms with E-state index in [1.165, 1.54) is 18.2 Å². The van der Waals surface area contributed by atoms with Crippen molar-refractivity contribution in [3.05, 3.63) is 81.3 Å². The number of rotatable bonds is 7. The Morgan fingerprint density at radius 2 is 1.76 bits per heavy atom. The summed E-state index contributed by atoms with van der Waals surface area (Å²) in [6, 6.07) is 12.6. The van der Waals surface area contributed by atoms with Gasteiger partial charge in [-0.3, -0.25) is 4.79 Å². The van der Waals surface area contributed by atoms with Gasteiger partial charge >= 0.3 is 0 Å². The van der Waals surface area contributed by atoms with E-state index in [0.717, 1.165) is 5.56 Å². The Morgan fingerprint density at radius 1 is 0.974 bits per heavy atom. The normalized spacial score (nSPS) is 16.6. The van der Waals surface area contributed by atoms with E-state index in [4.69, 9.17) is 32.7 Å². The van der Waals surface area contributed by atoms with Crippen molar-refractivity contribution in [2.45, 2.75) is 37.9 Å². The number of carbonyl (C=O) groups is 1. The van der Waals surface area contributed by atoms with Crippen LogP contribution in [0.3, 0.4) is 0 Å². The van der Waals surface area contributed by atoms with E-state index in [2.05, 4.69) is 5.32 Å². The first kappa shape index (κ1) is 26.5. The second kappa shape index (κ2) is 11.0. The fourth-order valence-electron chi connectivity index (χ4n) is 4.71. The molecular formula is C28H26Cl2F2N2O4. The summed E-state index contributed by atoms with van der Waals surface area (Å²) in [5, 5.41) is 14.7. The molecule has 10 heteroatoms. The van der Waals surface area contributed by atoms with Crippen molar-refractivity contribution in [1.82, 2.24) is 0 Å². The standard InChI is InChI=1S/C28H26Cl2F2N2O4/c29-18-2-1-17(21(30)13-18)15-37-19-3-6-24(23(32)14-19)34-11-9-28(36,10-12-34)16-38-25-7-5-22(31)27-20(25)4-8-26(35)33-27/h1-3,5-7,13-14,36H,4,8-12,15-16H2,(H,33,35). The highest BCUT2D eigenvalue weighted by Gasteiger charge is 2.34. The predicted octanol–water partition coefficient (Wildman–Crippen LogP) is 6.15. The molecule has 3 aromatic rings. The molecule has 0 aliphatic carbocycles. The minimum absolute atomic E-state index is 0.00930. The zero-order valence-electron chi connectivity index (χ0n) is 20.4. The van der Waals surface area contributed by atoms with Crippen molar-refractivity contribution in [3.63, 3.8) is 0 Å². The van der Waals surface area contributed by atoms with E-state index in [9.17, 15) is 18.7 Å². The summed E-state index contributed by atoms with van der Waals surface area (Å²) in [5.41, 5.74) is 0.776. The molecule has 0 atom stereocenters. The van der Waals surface area contributed by atoms with Gasteiger partial charge in [-0.05, 0) is 55.7 Å². The van der Waals surface area contributed by atoms with Gasteiger partial charge in [0.15, 0.2) is 0 Å². The summed E-state index contributed by atoms with van der Waals surface area (Å²) < 4.78 is 40.7. The topological polar surface area (TPSA) is 71.0 Å². The zero-order valence-corrected chi connectivity index (χ0v) is 21.9. The quantitative estimate of drug-likeness (QED) is 0.361. The first-order valence-electron chi connectivity index (χ1n) is 12.3. The maximum absolute atomic E-state index is 15.0. The number of amides is 1. The second-order valence-electron chi connectivity index (χ2n) is 9.58. The lowest BCUT2D eigenvalue weighted by Crippen LogP contribution is -2.48. The van der Waals surface area contributed by atoms with Crippen molar-refractivity contribution in [3.8, 4) is 11.5 Å². The van der Waals surface area contributed by atoms with Gasteiger partial charge in [0, 0.05) is 46.7 Å². The third kappa shape index (κ3) is 5.82. The van der Waals surface area contributed by atoms with Crippen LogP contribution < -0.4 is 19.7 Å². The van der Waals surface area contributed by atoms with E-state index in [0.29, 0.717) is 65.1 Å². The number of nitrogens with one attached hydrogen (secondary N) is 1. The maximum Gasteiger partial charge on any atom is 0.224 e. The molecule has 2 N–H and O–H groups in total. The van der Waals surface area contributed by atoms with E-state index in [-0.39, 0.29) is 31.2 Å². The Labute approximate surface area is 229 Å². The predicted molar refractivity (Wildman–Crippen MR) is 142 cm³/mol. The van der Waals surface area contributed by atoms with Crippen LogP contribution in [-0.2, 0) is 17.8 Å². The molecule has 6 nitrogen and oxygen atoms in total. The van der Waals surface area contributed by atoms with Crippen LogP contribution in [0.5, 0.6) is 11.5 Å². The Morgan fingerprint density at radius 3 is 2.50 bits per heavy atom. The minimum Gasteiger partial charge on any atom is -0.490 e. The van der Waals surface area contributed by atoms with E-state index < -0.39 is 17.2 Å². The summed E-state index contributed by atoms with van der Waals surface area (Å²) in [6.45, 7) is 1.04. The van der Waals surface area contributed by atoms with Gasteiger partial charge in [-0.25, -0.2) is 8.78 Å². The summed E-state index contributed by atoms with van der Waals surface area (Å²) in [6.07, 6.45) is 1.34. The molecule has 1 saturated heterocycles. The van der Waals surface area contributed by atoms with Gasteiger partial charge < -0.3 is 24.8 Å². The number of piperidine rings is 1. The lowest BCUT2D eigenvalue weighted by Gasteiger charge is -2.39. The molecule has 2 heterocycles. The van der Waals surface area contributed by atoms with Crippen molar-refractivity contribution < 1.29 is 28.2 Å². The Bertz CT molecular complexity index is 1360. The molecule has 0 aromatic heterocycles. The van der Waals surface area contributed by atoms with E-state index >= 15 is 0 Å². The van der Waals surface area contributed by atoms with Crippen LogP contribution in [0.4, 0.5) is 20.2 Å². The molecule has 2 aliphatic rings. The molecule has 0 unspecified atom stereocenters. The van der Waals surface area contributed by atoms with E-state index in [1.54, 1.807) is 30.3 Å². The molecule has 0 saturated carbocycles. The molecule has 38 heavy (non-hydrogen) atoms. The van der Waals surface area contributed by atoms with Gasteiger partial charge in [-0.2, -0.15) is 0 Å². The number of carbonyl (C=O) groups excluding carboxylic acids is 1. The number of hydrogen-bond acceptors (Lipinski definition) is 5. The highest BCUT2D eigenvalue weighted by molar-refractivity contribution is 6.35. The van der Waals surface area contributed by atoms with Crippen LogP contribution >= 0.6 is 23.2 Å². The molecule has 0 spiro atoms. The van der Waals surface area contributed by atoms with Crippen LogP contribution in [0.15, 0.2) is 48.5 Å². The fourth-order valence-corrected chi connectivity index (χ4v) is 5.18. The minimum atomic E-state index is -1.12. The average Bonchev–Trinajstić information content (AvgIpc) is 2.89. The molecular weight excluding hydrogens is 537 g/mol. The summed E-state index contributed by atoms with van der Waals surface area (Å²) in [5.74, 6) is -0.361. The van der Waals surface area contributed by atoms with Gasteiger partial charge in [0.2, 0.25) is 5.91 Å². The summed E-state index contributed by atoms with van der Waals surface area (Å²) in [4.78, 5) is 13.5. The summed E-state index contributed by atoms with van der Waals surface area (Å²) in [7, 11) is 0. The maximum atomic E-state index is 15.0. The Hall–Kier alpha value is -3.07. The van der Waals surface area contributed by atoms with Crippen molar-refractivity contribution in [1.29, 1.82) is 0 Å². The van der Waals surface area contributed by atoms with Gasteiger partial charge in [0.1, 0.15) is 41.9 Å². The third-order valence-corrected chi connectivity index (χ3v) is 7.53. The van der Waals surface area contributed by atoms with Gasteiger partial charge in [0.05, 0.1) is 11.4 Å². The number of nitrogens with zero attached hydrogens (tertiary/aromatic N) is 1. The van der Waals surface area contributed by atoms with E-state index in [1.807, 2.05) is 4.90 Å². The van der Waals surface area contributed by atoms with Gasteiger partial charge in [-0.1, -0.05) is 29.3 Å². The van der Waals surface area contributed by atoms with Crippen LogP contribution in [0.25, 0.3) is 0 Å². The molecule has 3 aromatic carbocycles. The highest BCUT2D eigenvalue weighted by atomic mass is 35.5. The number of hydrogen-bond donors (Lipinski definition) is 2. The second-order valence-corrected chi connectivity index (χ2v) is 10.4. The smallest absolute Gasteiger partial charge is 0.224 e. The monoisotopic (exact) mass is 562 g/mol. The number of fused-ring (bicyclic) bond motifs is 1. The van der Waals surface area contributed by atoms with Crippen LogP contribution in [0, 0.1) is 11.6 Å². The third-order valence-electron chi connectivity index (χ3n) is 6.95. The lowest BCUT2D eigenvalue weighted by molar-refractivity contribution is -0.116. The summed E-state index contributed by atoms with van der Waals surface area (Å²) >= 11 is 12.1.